The van der Waals surface area contributed by atoms with Crippen molar-refractivity contribution in [3.63, 3.8) is 0 Å². The third-order valence-electron chi connectivity index (χ3n) is 4.49. The number of hydrogen-bond acceptors (Lipinski definition) is 1. The van der Waals surface area contributed by atoms with Crippen molar-refractivity contribution in [2.75, 3.05) is 26.7 Å². The molecule has 0 aromatic heterocycles. The summed E-state index contributed by atoms with van der Waals surface area (Å²) in [5.74, 6) is 7.97. The first kappa shape index (κ1) is 18.1. The quantitative estimate of drug-likeness (QED) is 0.773. The van der Waals surface area contributed by atoms with Crippen LogP contribution in [0.15, 0.2) is 54.6 Å². The zero-order chi connectivity index (χ0) is 17.2. The van der Waals surface area contributed by atoms with Gasteiger partial charge in [0, 0.05) is 12.3 Å². The zero-order valence-corrected chi connectivity index (χ0v) is 15.0. The lowest BCUT2D eigenvalue weighted by Crippen LogP contribution is -3.11. The first-order chi connectivity index (χ1) is 11.8. The highest BCUT2D eigenvalue weighted by molar-refractivity contribution is 5.37. The van der Waals surface area contributed by atoms with Crippen molar-refractivity contribution in [1.29, 1.82) is 0 Å². The van der Waals surface area contributed by atoms with Crippen LogP contribution in [-0.4, -0.2) is 26.7 Å². The van der Waals surface area contributed by atoms with E-state index in [9.17, 15) is 0 Å². The molecule has 2 rings (SSSR count). The van der Waals surface area contributed by atoms with E-state index in [4.69, 9.17) is 4.74 Å². The molecule has 0 radical (unpaired) electrons. The molecule has 0 aliphatic heterocycles. The highest BCUT2D eigenvalue weighted by Gasteiger charge is 2.13. The molecule has 0 aliphatic carbocycles. The van der Waals surface area contributed by atoms with Crippen LogP contribution in [0, 0.1) is 11.8 Å². The van der Waals surface area contributed by atoms with E-state index in [-0.39, 0.29) is 0 Å². The van der Waals surface area contributed by atoms with Crippen molar-refractivity contribution >= 4 is 0 Å². The minimum atomic E-state index is 0.302. The SMILES string of the molecule is CC[NH+](CC)CC#CC[C@H](c1ccccc1)c1ccc(OC)cc1. The molecule has 1 N–H and O–H groups in total. The monoisotopic (exact) mass is 322 g/mol. The summed E-state index contributed by atoms with van der Waals surface area (Å²) in [6.45, 7) is 7.62. The van der Waals surface area contributed by atoms with E-state index in [1.165, 1.54) is 16.0 Å². The largest absolute Gasteiger partial charge is 0.497 e. The van der Waals surface area contributed by atoms with Gasteiger partial charge in [-0.3, -0.25) is 0 Å². The molecule has 2 nitrogen and oxygen atoms in total. The van der Waals surface area contributed by atoms with Crippen molar-refractivity contribution in [3.05, 3.63) is 65.7 Å². The second-order valence-electron chi connectivity index (χ2n) is 5.93. The van der Waals surface area contributed by atoms with Gasteiger partial charge in [0.1, 0.15) is 12.3 Å². The predicted octanol–water partition coefficient (Wildman–Crippen LogP) is 3.15. The third-order valence-corrected chi connectivity index (χ3v) is 4.49. The highest BCUT2D eigenvalue weighted by atomic mass is 16.5. The summed E-state index contributed by atoms with van der Waals surface area (Å²) in [6, 6.07) is 19.0. The predicted molar refractivity (Wildman–Crippen MR) is 101 cm³/mol. The van der Waals surface area contributed by atoms with E-state index in [0.717, 1.165) is 31.8 Å². The van der Waals surface area contributed by atoms with E-state index in [0.29, 0.717) is 5.92 Å². The Morgan fingerprint density at radius 3 is 2.08 bits per heavy atom. The number of quaternary nitrogens is 1. The average molecular weight is 322 g/mol. The molecule has 0 unspecified atom stereocenters. The van der Waals surface area contributed by atoms with Gasteiger partial charge in [0.05, 0.1) is 20.2 Å². The first-order valence-corrected chi connectivity index (χ1v) is 8.76. The summed E-state index contributed by atoms with van der Waals surface area (Å²) in [5, 5.41) is 0. The van der Waals surface area contributed by atoms with E-state index >= 15 is 0 Å². The van der Waals surface area contributed by atoms with Crippen LogP contribution in [0.3, 0.4) is 0 Å². The van der Waals surface area contributed by atoms with Crippen molar-refractivity contribution in [1.82, 2.24) is 0 Å². The smallest absolute Gasteiger partial charge is 0.139 e. The Morgan fingerprint density at radius 2 is 1.50 bits per heavy atom. The van der Waals surface area contributed by atoms with Crippen LogP contribution in [-0.2, 0) is 0 Å². The normalized spacial score (nSPS) is 11.7. The Kier molecular flexibility index (Phi) is 7.39. The van der Waals surface area contributed by atoms with Crippen molar-refractivity contribution in [3.8, 4) is 17.6 Å². The van der Waals surface area contributed by atoms with Gasteiger partial charge in [-0.2, -0.15) is 0 Å². The Morgan fingerprint density at radius 1 is 0.875 bits per heavy atom. The fraction of sp³-hybridized carbons (Fsp3) is 0.364. The van der Waals surface area contributed by atoms with E-state index < -0.39 is 0 Å². The number of hydrogen-bond donors (Lipinski definition) is 1. The summed E-state index contributed by atoms with van der Waals surface area (Å²) in [6.07, 6.45) is 0.844. The first-order valence-electron chi connectivity index (χ1n) is 8.76. The van der Waals surface area contributed by atoms with Crippen LogP contribution >= 0.6 is 0 Å². The highest BCUT2D eigenvalue weighted by Crippen LogP contribution is 2.28. The zero-order valence-electron chi connectivity index (χ0n) is 15.0. The van der Waals surface area contributed by atoms with Gasteiger partial charge in [0.2, 0.25) is 0 Å². The molecule has 0 bridgehead atoms. The van der Waals surface area contributed by atoms with E-state index in [1.54, 1.807) is 7.11 Å². The number of ether oxygens (including phenoxy) is 1. The van der Waals surface area contributed by atoms with Gasteiger partial charge in [0.15, 0.2) is 0 Å². The molecule has 0 aliphatic rings. The molecule has 2 heteroatoms. The summed E-state index contributed by atoms with van der Waals surface area (Å²) in [5.41, 5.74) is 2.60. The van der Waals surface area contributed by atoms with Crippen molar-refractivity contribution < 1.29 is 9.64 Å². The maximum atomic E-state index is 5.27. The topological polar surface area (TPSA) is 13.7 Å². The molecule has 126 valence electrons. The van der Waals surface area contributed by atoms with E-state index in [1.807, 2.05) is 12.1 Å². The van der Waals surface area contributed by atoms with Crippen LogP contribution in [0.4, 0.5) is 0 Å². The average Bonchev–Trinajstić information content (AvgIpc) is 2.66. The Labute approximate surface area is 146 Å². The fourth-order valence-electron chi connectivity index (χ4n) is 2.81. The molecule has 1 atom stereocenters. The fourth-order valence-corrected chi connectivity index (χ4v) is 2.81. The molecule has 0 fully saturated rings. The minimum absolute atomic E-state index is 0.302. The third kappa shape index (κ3) is 5.15. The Hall–Kier alpha value is -2.24. The Balaban J connectivity index is 2.16. The van der Waals surface area contributed by atoms with E-state index in [2.05, 4.69) is 68.2 Å². The molecular weight excluding hydrogens is 294 g/mol. The second kappa shape index (κ2) is 9.80. The van der Waals surface area contributed by atoms with Gasteiger partial charge in [-0.25, -0.2) is 0 Å². The summed E-state index contributed by atoms with van der Waals surface area (Å²) in [7, 11) is 1.70. The van der Waals surface area contributed by atoms with Crippen LogP contribution in [0.5, 0.6) is 5.75 Å². The molecule has 0 saturated carbocycles. The Bertz CT molecular complexity index is 648. The molecule has 0 amide bonds. The molecule has 0 spiro atoms. The van der Waals surface area contributed by atoms with Gasteiger partial charge in [-0.15, -0.1) is 0 Å². The van der Waals surface area contributed by atoms with Gasteiger partial charge < -0.3 is 9.64 Å². The van der Waals surface area contributed by atoms with Crippen LogP contribution < -0.4 is 9.64 Å². The molecule has 0 heterocycles. The van der Waals surface area contributed by atoms with Crippen LogP contribution in [0.2, 0.25) is 0 Å². The number of nitrogens with one attached hydrogen (secondary N) is 1. The van der Waals surface area contributed by atoms with Gasteiger partial charge in [0.25, 0.3) is 0 Å². The number of methoxy groups -OCH3 is 1. The van der Waals surface area contributed by atoms with Gasteiger partial charge in [-0.1, -0.05) is 48.4 Å². The molecule has 2 aromatic carbocycles. The van der Waals surface area contributed by atoms with Crippen LogP contribution in [0.1, 0.15) is 37.3 Å². The maximum Gasteiger partial charge on any atom is 0.139 e. The van der Waals surface area contributed by atoms with Gasteiger partial charge in [-0.05, 0) is 43.0 Å². The van der Waals surface area contributed by atoms with Crippen LogP contribution in [0.25, 0.3) is 0 Å². The molecular formula is C22H28NO+. The summed E-state index contributed by atoms with van der Waals surface area (Å²) >= 11 is 0. The standard InChI is InChI=1S/C22H27NO/c1-4-23(5-2)18-10-9-13-22(19-11-7-6-8-12-19)20-14-16-21(24-3)17-15-20/h6-8,11-12,14-17,22H,4-5,13,18H2,1-3H3/p+1/t22-/m1/s1. The van der Waals surface area contributed by atoms with Gasteiger partial charge >= 0.3 is 0 Å². The molecule has 0 saturated heterocycles. The lowest BCUT2D eigenvalue weighted by Gasteiger charge is -2.16. The molecule has 24 heavy (non-hydrogen) atoms. The lowest BCUT2D eigenvalue weighted by atomic mass is 9.89. The maximum absolute atomic E-state index is 5.27. The number of benzene rings is 2. The minimum Gasteiger partial charge on any atom is -0.497 e. The number of rotatable bonds is 7. The van der Waals surface area contributed by atoms with Crippen molar-refractivity contribution in [2.24, 2.45) is 0 Å². The second-order valence-corrected chi connectivity index (χ2v) is 5.93. The molecule has 2 aromatic rings. The van der Waals surface area contributed by atoms with Crippen molar-refractivity contribution in [2.45, 2.75) is 26.2 Å². The summed E-state index contributed by atoms with van der Waals surface area (Å²) in [4.78, 5) is 1.53. The summed E-state index contributed by atoms with van der Waals surface area (Å²) < 4.78 is 5.27. The lowest BCUT2D eigenvalue weighted by molar-refractivity contribution is -0.889.